The second-order valence-electron chi connectivity index (χ2n) is 3.38. The van der Waals surface area contributed by atoms with Crippen LogP contribution in [0.15, 0.2) is 22.7 Å². The van der Waals surface area contributed by atoms with E-state index < -0.39 is 17.7 Å². The summed E-state index contributed by atoms with van der Waals surface area (Å²) in [5.41, 5.74) is 4.13. The van der Waals surface area contributed by atoms with Gasteiger partial charge in [-0.1, -0.05) is 0 Å². The van der Waals surface area contributed by atoms with Crippen molar-refractivity contribution in [3.63, 3.8) is 0 Å². The quantitative estimate of drug-likeness (QED) is 0.753. The smallest absolute Gasteiger partial charge is 0.398 e. The van der Waals surface area contributed by atoms with E-state index in [0.717, 1.165) is 12.1 Å². The summed E-state index contributed by atoms with van der Waals surface area (Å²) in [5, 5.41) is 0.270. The van der Waals surface area contributed by atoms with E-state index >= 15 is 0 Å². The number of nitrogens with two attached hydrogens (primary N) is 1. The number of rotatable bonds is 0. The van der Waals surface area contributed by atoms with Gasteiger partial charge in [0.2, 0.25) is 0 Å². The third kappa shape index (κ3) is 2.19. The maximum atomic E-state index is 13.2. The van der Waals surface area contributed by atoms with Gasteiger partial charge >= 0.3 is 6.18 Å². The maximum Gasteiger partial charge on any atom is 0.433 e. The zero-order chi connectivity index (χ0) is 12.8. The molecule has 0 aliphatic carbocycles. The molecule has 0 bridgehead atoms. The lowest BCUT2D eigenvalue weighted by Crippen LogP contribution is -2.09. The molecule has 0 aliphatic heterocycles. The van der Waals surface area contributed by atoms with Crippen LogP contribution in [0.25, 0.3) is 10.9 Å². The summed E-state index contributed by atoms with van der Waals surface area (Å²) in [7, 11) is 0. The van der Waals surface area contributed by atoms with Gasteiger partial charge in [-0.25, -0.2) is 9.37 Å². The first kappa shape index (κ1) is 12.1. The molecule has 0 atom stereocenters. The van der Waals surface area contributed by atoms with E-state index in [1.807, 2.05) is 0 Å². The average molecular weight is 309 g/mol. The summed E-state index contributed by atoms with van der Waals surface area (Å²) in [6.07, 6.45) is -4.61. The molecule has 0 saturated carbocycles. The lowest BCUT2D eigenvalue weighted by molar-refractivity contribution is -0.140. The fourth-order valence-electron chi connectivity index (χ4n) is 1.39. The van der Waals surface area contributed by atoms with Crippen LogP contribution in [0.2, 0.25) is 0 Å². The Kier molecular flexibility index (Phi) is 2.73. The Morgan fingerprint density at radius 1 is 1.18 bits per heavy atom. The molecule has 0 spiro atoms. The molecule has 90 valence electrons. The Bertz CT molecular complexity index is 595. The molecular formula is C10H5BrF4N2. The summed E-state index contributed by atoms with van der Waals surface area (Å²) in [4.78, 5) is 3.34. The number of aromatic nitrogens is 1. The van der Waals surface area contributed by atoms with E-state index in [0.29, 0.717) is 0 Å². The second-order valence-corrected chi connectivity index (χ2v) is 4.23. The van der Waals surface area contributed by atoms with Crippen LogP contribution in [0.4, 0.5) is 23.2 Å². The molecule has 1 aromatic carbocycles. The molecule has 17 heavy (non-hydrogen) atoms. The third-order valence-corrected chi connectivity index (χ3v) is 2.78. The lowest BCUT2D eigenvalue weighted by atomic mass is 10.1. The Hall–Kier alpha value is -1.37. The van der Waals surface area contributed by atoms with E-state index in [9.17, 15) is 17.6 Å². The molecule has 0 amide bonds. The minimum absolute atomic E-state index is 0.0944. The fraction of sp³-hybridized carbons (Fsp3) is 0.100. The van der Waals surface area contributed by atoms with Gasteiger partial charge in [0.1, 0.15) is 11.5 Å². The molecule has 7 heteroatoms. The van der Waals surface area contributed by atoms with Gasteiger partial charge in [0.05, 0.1) is 9.99 Å². The van der Waals surface area contributed by atoms with Crippen LogP contribution in [-0.2, 0) is 6.18 Å². The van der Waals surface area contributed by atoms with E-state index in [1.54, 1.807) is 0 Å². The number of nitrogen functional groups attached to an aromatic ring is 1. The van der Waals surface area contributed by atoms with Gasteiger partial charge in [-0.05, 0) is 28.1 Å². The standard InChI is InChI=1S/C10H5BrF4N2/c11-5-1-4-7(16)3-9(10(13,14)15)17-8(4)2-6(5)12/h1-3H,(H2,16,17). The first-order valence-electron chi connectivity index (χ1n) is 4.41. The van der Waals surface area contributed by atoms with Crippen molar-refractivity contribution < 1.29 is 17.6 Å². The van der Waals surface area contributed by atoms with Crippen LogP contribution < -0.4 is 5.73 Å². The van der Waals surface area contributed by atoms with Gasteiger partial charge in [-0.3, -0.25) is 0 Å². The Balaban J connectivity index is 2.78. The highest BCUT2D eigenvalue weighted by Gasteiger charge is 2.33. The van der Waals surface area contributed by atoms with Crippen molar-refractivity contribution in [3.8, 4) is 0 Å². The number of alkyl halides is 3. The van der Waals surface area contributed by atoms with Crippen molar-refractivity contribution in [3.05, 3.63) is 34.2 Å². The van der Waals surface area contributed by atoms with Crippen molar-refractivity contribution in [2.75, 3.05) is 5.73 Å². The highest BCUT2D eigenvalue weighted by atomic mass is 79.9. The summed E-state index contributed by atoms with van der Waals surface area (Å²) in [5.74, 6) is -0.691. The molecule has 2 rings (SSSR count). The van der Waals surface area contributed by atoms with Gasteiger partial charge in [-0.15, -0.1) is 0 Å². The third-order valence-electron chi connectivity index (χ3n) is 2.17. The molecule has 1 aromatic heterocycles. The van der Waals surface area contributed by atoms with Gasteiger partial charge in [0, 0.05) is 17.1 Å². The Morgan fingerprint density at radius 3 is 2.41 bits per heavy atom. The minimum atomic E-state index is -4.61. The predicted octanol–water partition coefficient (Wildman–Crippen LogP) is 3.74. The monoisotopic (exact) mass is 308 g/mol. The van der Waals surface area contributed by atoms with Crippen LogP contribution >= 0.6 is 15.9 Å². The summed E-state index contributed by atoms with van der Waals surface area (Å²) < 4.78 is 50.7. The zero-order valence-corrected chi connectivity index (χ0v) is 9.73. The van der Waals surface area contributed by atoms with Crippen molar-refractivity contribution in [1.82, 2.24) is 4.98 Å². The van der Waals surface area contributed by atoms with Crippen LogP contribution in [-0.4, -0.2) is 4.98 Å². The van der Waals surface area contributed by atoms with Crippen molar-refractivity contribution in [2.24, 2.45) is 0 Å². The van der Waals surface area contributed by atoms with Gasteiger partial charge in [0.15, 0.2) is 0 Å². The highest BCUT2D eigenvalue weighted by molar-refractivity contribution is 9.10. The number of nitrogens with zero attached hydrogens (tertiary/aromatic N) is 1. The molecule has 2 aromatic rings. The summed E-state index contributed by atoms with van der Waals surface area (Å²) >= 11 is 2.93. The molecular weight excluding hydrogens is 304 g/mol. The fourth-order valence-corrected chi connectivity index (χ4v) is 1.74. The molecule has 2 N–H and O–H groups in total. The van der Waals surface area contributed by atoms with Crippen molar-refractivity contribution in [2.45, 2.75) is 6.18 Å². The molecule has 0 saturated heterocycles. The van der Waals surface area contributed by atoms with Crippen molar-refractivity contribution in [1.29, 1.82) is 0 Å². The summed E-state index contributed by atoms with van der Waals surface area (Å²) in [6.45, 7) is 0. The largest absolute Gasteiger partial charge is 0.433 e. The van der Waals surface area contributed by atoms with Crippen LogP contribution in [0, 0.1) is 5.82 Å². The van der Waals surface area contributed by atoms with Gasteiger partial charge in [-0.2, -0.15) is 13.2 Å². The lowest BCUT2D eigenvalue weighted by Gasteiger charge is -2.09. The van der Waals surface area contributed by atoms with Crippen LogP contribution in [0.3, 0.4) is 0 Å². The molecule has 0 radical (unpaired) electrons. The topological polar surface area (TPSA) is 38.9 Å². The molecule has 0 unspecified atom stereocenters. The minimum Gasteiger partial charge on any atom is -0.398 e. The van der Waals surface area contributed by atoms with Gasteiger partial charge in [0.25, 0.3) is 0 Å². The number of anilines is 1. The molecule has 1 heterocycles. The van der Waals surface area contributed by atoms with E-state index in [1.165, 1.54) is 6.07 Å². The number of halogens is 5. The van der Waals surface area contributed by atoms with Crippen LogP contribution in [0.5, 0.6) is 0 Å². The summed E-state index contributed by atoms with van der Waals surface area (Å²) in [6, 6.07) is 2.94. The Labute approximate surface area is 102 Å². The number of fused-ring (bicyclic) bond motifs is 1. The van der Waals surface area contributed by atoms with E-state index in [-0.39, 0.29) is 21.1 Å². The SMILES string of the molecule is Nc1cc(C(F)(F)F)nc2cc(F)c(Br)cc12. The normalized spacial score (nSPS) is 12.1. The first-order chi connectivity index (χ1) is 7.79. The first-order valence-corrected chi connectivity index (χ1v) is 5.21. The Morgan fingerprint density at radius 2 is 1.82 bits per heavy atom. The highest BCUT2D eigenvalue weighted by Crippen LogP contribution is 2.33. The molecule has 0 fully saturated rings. The van der Waals surface area contributed by atoms with Crippen molar-refractivity contribution >= 4 is 32.5 Å². The number of benzene rings is 1. The van der Waals surface area contributed by atoms with E-state index in [2.05, 4.69) is 20.9 Å². The number of hydrogen-bond donors (Lipinski definition) is 1. The maximum absolute atomic E-state index is 13.2. The zero-order valence-electron chi connectivity index (χ0n) is 8.15. The number of hydrogen-bond acceptors (Lipinski definition) is 2. The average Bonchev–Trinajstić information content (AvgIpc) is 2.19. The second kappa shape index (κ2) is 3.83. The van der Waals surface area contributed by atoms with Gasteiger partial charge < -0.3 is 5.73 Å². The molecule has 2 nitrogen and oxygen atoms in total. The predicted molar refractivity (Wildman–Crippen MR) is 58.8 cm³/mol. The van der Waals surface area contributed by atoms with Crippen LogP contribution in [0.1, 0.15) is 5.69 Å². The molecule has 0 aliphatic rings. The van der Waals surface area contributed by atoms with E-state index in [4.69, 9.17) is 5.73 Å². The number of pyridine rings is 1.